The van der Waals surface area contributed by atoms with Gasteiger partial charge < -0.3 is 14.6 Å². The van der Waals surface area contributed by atoms with E-state index in [1.165, 1.54) is 24.0 Å². The van der Waals surface area contributed by atoms with Crippen molar-refractivity contribution in [3.05, 3.63) is 90.0 Å². The monoisotopic (exact) mass is 592 g/mol. The van der Waals surface area contributed by atoms with E-state index in [9.17, 15) is 24.3 Å². The molecule has 1 N–H and O–H groups in total. The third-order valence-corrected chi connectivity index (χ3v) is 10.1. The summed E-state index contributed by atoms with van der Waals surface area (Å²) in [4.78, 5) is 59.2. The summed E-state index contributed by atoms with van der Waals surface area (Å²) in [6.45, 7) is 1.82. The molecule has 3 aromatic rings. The van der Waals surface area contributed by atoms with Crippen LogP contribution in [0.5, 0.6) is 17.2 Å². The number of para-hydroxylation sites is 2. The minimum absolute atomic E-state index is 0.162. The molecule has 2 aliphatic heterocycles. The maximum absolute atomic E-state index is 14.5. The summed E-state index contributed by atoms with van der Waals surface area (Å²) >= 11 is 0. The number of methoxy groups -OCH3 is 2. The van der Waals surface area contributed by atoms with Gasteiger partial charge in [-0.15, -0.1) is 0 Å². The van der Waals surface area contributed by atoms with Crippen LogP contribution in [-0.2, 0) is 19.2 Å². The lowest BCUT2D eigenvalue weighted by Gasteiger charge is -2.49. The Hall–Kier alpha value is -4.92. The van der Waals surface area contributed by atoms with Crippen molar-refractivity contribution >= 4 is 35.0 Å². The Labute approximate surface area is 254 Å². The Bertz CT molecular complexity index is 1710. The van der Waals surface area contributed by atoms with Gasteiger partial charge in [0.05, 0.1) is 48.8 Å². The molecule has 224 valence electrons. The van der Waals surface area contributed by atoms with E-state index < -0.39 is 35.0 Å². The van der Waals surface area contributed by atoms with Gasteiger partial charge in [-0.05, 0) is 67.6 Å². The van der Waals surface area contributed by atoms with Crippen LogP contribution in [0.25, 0.3) is 0 Å². The second-order valence-corrected chi connectivity index (χ2v) is 12.1. The summed E-state index contributed by atoms with van der Waals surface area (Å²) in [6, 6.07) is 21.1. The molecule has 9 nitrogen and oxygen atoms in total. The highest BCUT2D eigenvalue weighted by Crippen LogP contribution is 2.64. The van der Waals surface area contributed by atoms with Gasteiger partial charge in [0.25, 0.3) is 0 Å². The van der Waals surface area contributed by atoms with E-state index in [0.717, 1.165) is 5.57 Å². The van der Waals surface area contributed by atoms with Crippen LogP contribution >= 0.6 is 0 Å². The predicted octanol–water partition coefficient (Wildman–Crippen LogP) is 4.84. The Balaban J connectivity index is 1.41. The van der Waals surface area contributed by atoms with Crippen LogP contribution in [0.1, 0.15) is 31.2 Å². The molecule has 3 aromatic carbocycles. The van der Waals surface area contributed by atoms with Crippen molar-refractivity contribution in [2.45, 2.75) is 25.7 Å². The van der Waals surface area contributed by atoms with Gasteiger partial charge in [-0.1, -0.05) is 48.0 Å². The first-order valence-electron chi connectivity index (χ1n) is 14.7. The Morgan fingerprint density at radius 2 is 1.34 bits per heavy atom. The van der Waals surface area contributed by atoms with E-state index in [-0.39, 0.29) is 47.3 Å². The molecule has 7 rings (SSSR count). The molecule has 0 radical (unpaired) electrons. The van der Waals surface area contributed by atoms with Crippen molar-refractivity contribution in [1.82, 2.24) is 0 Å². The zero-order valence-electron chi connectivity index (χ0n) is 24.6. The highest BCUT2D eigenvalue weighted by molar-refractivity contribution is 6.25. The molecule has 0 spiro atoms. The van der Waals surface area contributed by atoms with E-state index in [0.29, 0.717) is 23.4 Å². The summed E-state index contributed by atoms with van der Waals surface area (Å²) in [7, 11) is 2.86. The van der Waals surface area contributed by atoms with Crippen molar-refractivity contribution < 1.29 is 33.8 Å². The minimum Gasteiger partial charge on any atom is -0.502 e. The molecule has 3 fully saturated rings. The lowest BCUT2D eigenvalue weighted by molar-refractivity contribution is -0.131. The maximum atomic E-state index is 14.5. The maximum Gasteiger partial charge on any atom is 0.241 e. The lowest BCUT2D eigenvalue weighted by Crippen LogP contribution is -2.48. The molecule has 9 heteroatoms. The van der Waals surface area contributed by atoms with Gasteiger partial charge in [0.1, 0.15) is 0 Å². The first kappa shape index (κ1) is 27.9. The fourth-order valence-electron chi connectivity index (χ4n) is 8.13. The number of aromatic hydroxyl groups is 1. The van der Waals surface area contributed by atoms with Crippen LogP contribution in [0, 0.1) is 29.1 Å². The van der Waals surface area contributed by atoms with Crippen LogP contribution in [0.15, 0.2) is 84.4 Å². The predicted molar refractivity (Wildman–Crippen MR) is 161 cm³/mol. The largest absolute Gasteiger partial charge is 0.502 e. The molecule has 44 heavy (non-hydrogen) atoms. The van der Waals surface area contributed by atoms with E-state index in [1.54, 1.807) is 60.7 Å². The van der Waals surface area contributed by atoms with E-state index >= 15 is 0 Å². The zero-order chi connectivity index (χ0) is 30.9. The number of carbonyl (C=O) groups is 4. The molecular weight excluding hydrogens is 560 g/mol. The summed E-state index contributed by atoms with van der Waals surface area (Å²) in [5, 5.41) is 10.7. The number of hydrogen-bond acceptors (Lipinski definition) is 7. The van der Waals surface area contributed by atoms with Crippen LogP contribution in [0.3, 0.4) is 0 Å². The molecule has 2 heterocycles. The smallest absolute Gasteiger partial charge is 0.241 e. The number of allylic oxidation sites excluding steroid dienone is 2. The van der Waals surface area contributed by atoms with Gasteiger partial charge in [0.15, 0.2) is 11.5 Å². The van der Waals surface area contributed by atoms with E-state index in [2.05, 4.69) is 0 Å². The van der Waals surface area contributed by atoms with Gasteiger partial charge in [0, 0.05) is 5.92 Å². The van der Waals surface area contributed by atoms with Crippen molar-refractivity contribution in [2.24, 2.45) is 29.1 Å². The number of phenolic OH excluding ortho intramolecular Hbond substituents is 1. The summed E-state index contributed by atoms with van der Waals surface area (Å²) in [5.74, 6) is -4.19. The van der Waals surface area contributed by atoms with Crippen molar-refractivity contribution in [3.8, 4) is 17.2 Å². The summed E-state index contributed by atoms with van der Waals surface area (Å²) in [5.41, 5.74) is 1.24. The van der Waals surface area contributed by atoms with Crippen LogP contribution in [0.4, 0.5) is 11.4 Å². The first-order chi connectivity index (χ1) is 21.2. The highest BCUT2D eigenvalue weighted by atomic mass is 16.5. The molecular formula is C35H32N2O7. The Morgan fingerprint density at radius 3 is 1.91 bits per heavy atom. The molecule has 4 aliphatic rings. The Morgan fingerprint density at radius 1 is 0.773 bits per heavy atom. The second-order valence-electron chi connectivity index (χ2n) is 12.1. The third kappa shape index (κ3) is 3.71. The molecule has 0 aromatic heterocycles. The minimum atomic E-state index is -1.22. The summed E-state index contributed by atoms with van der Waals surface area (Å²) < 4.78 is 11.0. The van der Waals surface area contributed by atoms with Crippen molar-refractivity contribution in [3.63, 3.8) is 0 Å². The van der Waals surface area contributed by atoms with Crippen LogP contribution in [0.2, 0.25) is 0 Å². The lowest BCUT2D eigenvalue weighted by atomic mass is 9.51. The number of hydrogen-bond donors (Lipinski definition) is 1. The number of fused-ring (bicyclic) bond motifs is 4. The van der Waals surface area contributed by atoms with Gasteiger partial charge in [-0.3, -0.25) is 24.1 Å². The average molecular weight is 593 g/mol. The normalized spacial score (nSPS) is 29.2. The van der Waals surface area contributed by atoms with Crippen LogP contribution in [-0.4, -0.2) is 43.0 Å². The Kier molecular flexibility index (Phi) is 6.39. The number of benzene rings is 3. The standard InChI is InChI=1S/C35H32N2O7/c1-35-25(32(40)37(34(35)42)21-12-8-5-9-13-21)18-24-22(29(35)19-16-26(43-2)30(38)27(17-19)44-3)14-15-23-28(24)33(41)36(31(23)39)20-10-6-4-7-11-20/h4-14,16-17,23-25,28-29,38H,15,18H2,1-3H3. The van der Waals surface area contributed by atoms with Gasteiger partial charge in [-0.2, -0.15) is 0 Å². The van der Waals surface area contributed by atoms with Crippen molar-refractivity contribution in [1.29, 1.82) is 0 Å². The molecule has 4 amide bonds. The number of anilines is 2. The first-order valence-corrected chi connectivity index (χ1v) is 14.7. The van der Waals surface area contributed by atoms with Gasteiger partial charge in [0.2, 0.25) is 29.4 Å². The molecule has 0 bridgehead atoms. The second kappa shape index (κ2) is 10.1. The molecule has 2 saturated heterocycles. The van der Waals surface area contributed by atoms with Gasteiger partial charge in [-0.25, -0.2) is 4.90 Å². The number of phenols is 1. The highest BCUT2D eigenvalue weighted by Gasteiger charge is 2.67. The van der Waals surface area contributed by atoms with Crippen LogP contribution < -0.4 is 19.3 Å². The number of nitrogens with zero attached hydrogens (tertiary/aromatic N) is 2. The zero-order valence-corrected chi connectivity index (χ0v) is 24.6. The quantitative estimate of drug-likeness (QED) is 0.333. The number of imide groups is 2. The summed E-state index contributed by atoms with van der Waals surface area (Å²) in [6.07, 6.45) is 2.58. The molecule has 6 atom stereocenters. The average Bonchev–Trinajstić information content (AvgIpc) is 3.41. The molecule has 6 unspecified atom stereocenters. The number of carbonyl (C=O) groups excluding carboxylic acids is 4. The fourth-order valence-corrected chi connectivity index (χ4v) is 8.13. The van der Waals surface area contributed by atoms with Gasteiger partial charge >= 0.3 is 0 Å². The molecule has 1 saturated carbocycles. The molecule has 2 aliphatic carbocycles. The fraction of sp³-hybridized carbons (Fsp3) is 0.314. The topological polar surface area (TPSA) is 113 Å². The number of ether oxygens (including phenoxy) is 2. The number of amides is 4. The van der Waals surface area contributed by atoms with E-state index in [4.69, 9.17) is 9.47 Å². The SMILES string of the molecule is COc1cc(C2C3=CCC4C(=O)N(c5ccccc5)C(=O)C4C3CC3C(=O)N(c4ccccc4)C(=O)C32C)cc(OC)c1O. The number of rotatable bonds is 5. The van der Waals surface area contributed by atoms with Crippen molar-refractivity contribution in [2.75, 3.05) is 24.0 Å². The third-order valence-electron chi connectivity index (χ3n) is 10.1. The van der Waals surface area contributed by atoms with E-state index in [1.807, 2.05) is 25.1 Å².